The third-order valence-corrected chi connectivity index (χ3v) is 22.1. The molecule has 0 aromatic carbocycles. The number of aliphatic hydroxyl groups is 1. The number of unbranched alkanes of at least 4 members (excludes halogenated alkanes) is 47. The fourth-order valence-electron chi connectivity index (χ4n) is 13.1. The molecule has 0 saturated heterocycles. The number of rotatable bonds is 82. The highest BCUT2D eigenvalue weighted by atomic mass is 31.2. The normalized spacial score (nSPS) is 14.2. The largest absolute Gasteiger partial charge is 0.472 e. The number of aliphatic hydroxyl groups excluding tert-OH is 1. The second-order valence-electron chi connectivity index (χ2n) is 32.2. The summed E-state index contributed by atoms with van der Waals surface area (Å²) in [6.07, 6.45) is 62.6. The molecule has 3 N–H and O–H groups in total. The first-order chi connectivity index (χ1) is 50.1. The van der Waals surface area contributed by atoms with Gasteiger partial charge in [-0.25, -0.2) is 9.13 Å². The highest BCUT2D eigenvalue weighted by Crippen LogP contribution is 2.45. The second-order valence-corrected chi connectivity index (χ2v) is 35.2. The van der Waals surface area contributed by atoms with E-state index in [0.717, 1.165) is 114 Å². The van der Waals surface area contributed by atoms with E-state index >= 15 is 0 Å². The van der Waals surface area contributed by atoms with Crippen molar-refractivity contribution in [3.63, 3.8) is 0 Å². The van der Waals surface area contributed by atoms with Crippen molar-refractivity contribution in [2.75, 3.05) is 39.6 Å². The Balaban J connectivity index is 5.22. The minimum absolute atomic E-state index is 0.105. The number of hydrogen-bond donors (Lipinski definition) is 3. The summed E-state index contributed by atoms with van der Waals surface area (Å²) < 4.78 is 68.8. The van der Waals surface area contributed by atoms with Gasteiger partial charge in [0.15, 0.2) is 12.2 Å². The number of esters is 4. The van der Waals surface area contributed by atoms with E-state index < -0.39 is 97.5 Å². The maximum absolute atomic E-state index is 13.1. The summed E-state index contributed by atoms with van der Waals surface area (Å²) in [6, 6.07) is 0. The molecule has 19 heteroatoms. The van der Waals surface area contributed by atoms with Crippen molar-refractivity contribution in [1.29, 1.82) is 0 Å². The first kappa shape index (κ1) is 102. The van der Waals surface area contributed by atoms with Gasteiger partial charge in [0.2, 0.25) is 0 Å². The van der Waals surface area contributed by atoms with Crippen LogP contribution in [0.25, 0.3) is 0 Å². The average Bonchev–Trinajstić information content (AvgIpc) is 0.912. The molecule has 0 aliphatic carbocycles. The molecule has 0 rings (SSSR count). The summed E-state index contributed by atoms with van der Waals surface area (Å²) in [5.74, 6) is 1.04. The number of phosphoric ester groups is 2. The lowest BCUT2D eigenvalue weighted by Crippen LogP contribution is -2.30. The van der Waals surface area contributed by atoms with Gasteiger partial charge in [-0.3, -0.25) is 37.3 Å². The standard InChI is InChI=1S/C85H166O17P2/c1-9-78(8)64-56-48-40-31-25-21-17-12-10-11-13-19-23-27-33-43-51-59-67-84(89)101-80(71-95-82(87)65-57-49-41-32-26-22-18-15-14-16-20-24-29-37-45-53-61-75(2)3)73-99-103(91,92)97-69-79(86)70-98-104(93,94)100-74-81(72-96-83(88)66-58-50-42-36-35-39-47-55-63-77(6)7)102-85(90)68-60-52-44-34-28-30-38-46-54-62-76(4)5/h75-81,86H,9-74H2,1-8H3,(H,91,92)(H,93,94)/t78?,79?,80-,81-/m1/s1. The molecule has 0 aliphatic heterocycles. The molecule has 0 aromatic heterocycles. The number of carbonyl (C=O) groups is 4. The van der Waals surface area contributed by atoms with Crippen molar-refractivity contribution in [2.24, 2.45) is 23.7 Å². The van der Waals surface area contributed by atoms with E-state index in [4.69, 9.17) is 37.0 Å². The predicted molar refractivity (Wildman–Crippen MR) is 428 cm³/mol. The second kappa shape index (κ2) is 73.8. The zero-order chi connectivity index (χ0) is 76.7. The van der Waals surface area contributed by atoms with Crippen LogP contribution in [0.15, 0.2) is 0 Å². The lowest BCUT2D eigenvalue weighted by Gasteiger charge is -2.21. The maximum atomic E-state index is 13.1. The molecule has 0 fully saturated rings. The molecule has 0 radical (unpaired) electrons. The third kappa shape index (κ3) is 76.8. The van der Waals surface area contributed by atoms with Crippen LogP contribution in [-0.4, -0.2) is 96.7 Å². The number of phosphoric acid groups is 2. The fraction of sp³-hybridized carbons (Fsp3) is 0.953. The Morgan fingerprint density at radius 3 is 0.683 bits per heavy atom. The quantitative estimate of drug-likeness (QED) is 0.0222. The zero-order valence-corrected chi connectivity index (χ0v) is 70.5. The van der Waals surface area contributed by atoms with Gasteiger partial charge in [-0.15, -0.1) is 0 Å². The van der Waals surface area contributed by atoms with Gasteiger partial charge in [0.25, 0.3) is 0 Å². The molecule has 17 nitrogen and oxygen atoms in total. The van der Waals surface area contributed by atoms with Crippen LogP contribution in [0.4, 0.5) is 0 Å². The average molecular weight is 1520 g/mol. The molecule has 6 atom stereocenters. The van der Waals surface area contributed by atoms with E-state index in [0.29, 0.717) is 25.7 Å². The molecule has 0 bridgehead atoms. The maximum Gasteiger partial charge on any atom is 0.472 e. The molecule has 0 aromatic rings. The van der Waals surface area contributed by atoms with Crippen LogP contribution >= 0.6 is 15.6 Å². The van der Waals surface area contributed by atoms with E-state index in [2.05, 4.69) is 55.4 Å². The number of hydrogen-bond acceptors (Lipinski definition) is 15. The topological polar surface area (TPSA) is 237 Å². The van der Waals surface area contributed by atoms with Crippen LogP contribution in [0, 0.1) is 23.7 Å². The predicted octanol–water partition coefficient (Wildman–Crippen LogP) is 25.6. The van der Waals surface area contributed by atoms with Crippen molar-refractivity contribution in [2.45, 2.75) is 459 Å². The highest BCUT2D eigenvalue weighted by molar-refractivity contribution is 7.47. The van der Waals surface area contributed by atoms with Gasteiger partial charge < -0.3 is 33.8 Å². The molecular weight excluding hydrogens is 1350 g/mol. The Kier molecular flexibility index (Phi) is 72.5. The van der Waals surface area contributed by atoms with Crippen LogP contribution in [-0.2, 0) is 65.4 Å². The Bertz CT molecular complexity index is 2030. The lowest BCUT2D eigenvalue weighted by molar-refractivity contribution is -0.161. The Labute approximate surface area is 638 Å². The van der Waals surface area contributed by atoms with Gasteiger partial charge in [-0.1, -0.05) is 389 Å². The van der Waals surface area contributed by atoms with Crippen molar-refractivity contribution in [3.8, 4) is 0 Å². The summed E-state index contributed by atoms with van der Waals surface area (Å²) in [4.78, 5) is 73.1. The van der Waals surface area contributed by atoms with Gasteiger partial charge in [0.1, 0.15) is 19.3 Å². The Morgan fingerprint density at radius 1 is 0.269 bits per heavy atom. The van der Waals surface area contributed by atoms with Crippen molar-refractivity contribution < 1.29 is 80.2 Å². The summed E-state index contributed by atoms with van der Waals surface area (Å²) in [6.45, 7) is 14.3. The summed E-state index contributed by atoms with van der Waals surface area (Å²) in [5, 5.41) is 10.7. The Hall–Kier alpha value is -1.94. The van der Waals surface area contributed by atoms with Gasteiger partial charge >= 0.3 is 39.5 Å². The van der Waals surface area contributed by atoms with Crippen LogP contribution in [0.1, 0.15) is 441 Å². The van der Waals surface area contributed by atoms with Gasteiger partial charge in [0, 0.05) is 25.7 Å². The molecule has 4 unspecified atom stereocenters. The highest BCUT2D eigenvalue weighted by Gasteiger charge is 2.30. The molecule has 618 valence electrons. The van der Waals surface area contributed by atoms with Crippen LogP contribution < -0.4 is 0 Å². The van der Waals surface area contributed by atoms with E-state index in [1.165, 1.54) is 244 Å². The smallest absolute Gasteiger partial charge is 0.462 e. The molecule has 0 heterocycles. The summed E-state index contributed by atoms with van der Waals surface area (Å²) >= 11 is 0. The first-order valence-corrected chi connectivity index (χ1v) is 46.7. The molecule has 0 saturated carbocycles. The van der Waals surface area contributed by atoms with Crippen molar-refractivity contribution >= 4 is 39.5 Å². The van der Waals surface area contributed by atoms with Crippen LogP contribution in [0.5, 0.6) is 0 Å². The van der Waals surface area contributed by atoms with E-state index in [1.807, 2.05) is 0 Å². The molecular formula is C85H166O17P2. The monoisotopic (exact) mass is 1520 g/mol. The zero-order valence-electron chi connectivity index (χ0n) is 68.7. The van der Waals surface area contributed by atoms with Gasteiger partial charge in [0.05, 0.1) is 26.4 Å². The Morgan fingerprint density at radius 2 is 0.462 bits per heavy atom. The SMILES string of the molecule is CCC(C)CCCCCCCCCCCCCCCCCCCCC(=O)O[C@H](COC(=O)CCCCCCCCCCCCCCCCCCC(C)C)COP(=O)(O)OCC(O)COP(=O)(O)OC[C@@H](COC(=O)CCCCCCCCCCC(C)C)OC(=O)CCCCCCCCCCCC(C)C. The lowest BCUT2D eigenvalue weighted by atomic mass is 9.99. The fourth-order valence-corrected chi connectivity index (χ4v) is 14.7. The molecule has 0 spiro atoms. The number of ether oxygens (including phenoxy) is 4. The third-order valence-electron chi connectivity index (χ3n) is 20.2. The minimum Gasteiger partial charge on any atom is -0.462 e. The van der Waals surface area contributed by atoms with E-state index in [9.17, 15) is 43.2 Å². The number of carbonyl (C=O) groups excluding carboxylic acids is 4. The van der Waals surface area contributed by atoms with Gasteiger partial charge in [-0.05, 0) is 49.4 Å². The van der Waals surface area contributed by atoms with Crippen molar-refractivity contribution in [1.82, 2.24) is 0 Å². The van der Waals surface area contributed by atoms with Crippen LogP contribution in [0.2, 0.25) is 0 Å². The molecule has 104 heavy (non-hydrogen) atoms. The molecule has 0 amide bonds. The summed E-state index contributed by atoms with van der Waals surface area (Å²) in [5.41, 5.74) is 0. The van der Waals surface area contributed by atoms with E-state index in [1.54, 1.807) is 0 Å². The van der Waals surface area contributed by atoms with Gasteiger partial charge in [-0.2, -0.15) is 0 Å². The minimum atomic E-state index is -4.97. The summed E-state index contributed by atoms with van der Waals surface area (Å²) in [7, 11) is -9.93. The van der Waals surface area contributed by atoms with Crippen LogP contribution in [0.3, 0.4) is 0 Å². The molecule has 0 aliphatic rings. The van der Waals surface area contributed by atoms with E-state index in [-0.39, 0.29) is 25.7 Å². The first-order valence-electron chi connectivity index (χ1n) is 43.7. The van der Waals surface area contributed by atoms with Crippen molar-refractivity contribution in [3.05, 3.63) is 0 Å².